The van der Waals surface area contributed by atoms with Crippen LogP contribution < -0.4 is 11.1 Å². The van der Waals surface area contributed by atoms with Crippen molar-refractivity contribution in [2.75, 3.05) is 12.3 Å². The zero-order valence-electron chi connectivity index (χ0n) is 10.5. The Morgan fingerprint density at radius 3 is 2.68 bits per heavy atom. The molecule has 0 aliphatic carbocycles. The van der Waals surface area contributed by atoms with Gasteiger partial charge in [0.2, 0.25) is 0 Å². The third-order valence-electron chi connectivity index (χ3n) is 2.59. The number of rotatable bonds is 7. The van der Waals surface area contributed by atoms with Gasteiger partial charge in [0.15, 0.2) is 0 Å². The van der Waals surface area contributed by atoms with Crippen LogP contribution >= 0.6 is 15.9 Å². The van der Waals surface area contributed by atoms with Gasteiger partial charge in [0.25, 0.3) is 5.91 Å². The van der Waals surface area contributed by atoms with Gasteiger partial charge in [-0.15, -0.1) is 0 Å². The van der Waals surface area contributed by atoms with Gasteiger partial charge >= 0.3 is 5.97 Å². The van der Waals surface area contributed by atoms with E-state index in [2.05, 4.69) is 21.2 Å². The Morgan fingerprint density at radius 2 is 2.00 bits per heavy atom. The number of halogens is 1. The minimum Gasteiger partial charge on any atom is -0.481 e. The maximum absolute atomic E-state index is 11.9. The van der Waals surface area contributed by atoms with Crippen LogP contribution in [-0.4, -0.2) is 23.5 Å². The van der Waals surface area contributed by atoms with E-state index in [9.17, 15) is 9.59 Å². The number of nitrogens with one attached hydrogen (secondary N) is 1. The second kappa shape index (κ2) is 7.78. The fraction of sp³-hybridized carbons (Fsp3) is 0.385. The van der Waals surface area contributed by atoms with Crippen molar-refractivity contribution in [3.05, 3.63) is 28.2 Å². The minimum absolute atomic E-state index is 0.175. The summed E-state index contributed by atoms with van der Waals surface area (Å²) < 4.78 is 0.699. The first-order valence-corrected chi connectivity index (χ1v) is 6.85. The second-order valence-corrected chi connectivity index (χ2v) is 5.05. The molecule has 0 atom stereocenters. The highest BCUT2D eigenvalue weighted by Gasteiger charge is 2.09. The zero-order valence-corrected chi connectivity index (χ0v) is 12.1. The number of carbonyl (C=O) groups is 2. The Kier molecular flexibility index (Phi) is 6.35. The third kappa shape index (κ3) is 5.74. The van der Waals surface area contributed by atoms with Crippen molar-refractivity contribution in [2.45, 2.75) is 25.7 Å². The highest BCUT2D eigenvalue weighted by Crippen LogP contribution is 2.19. The summed E-state index contributed by atoms with van der Waals surface area (Å²) >= 11 is 3.30. The summed E-state index contributed by atoms with van der Waals surface area (Å²) in [5.74, 6) is -0.967. The maximum atomic E-state index is 11.9. The molecule has 1 rings (SSSR count). The Bertz CT molecular complexity index is 463. The summed E-state index contributed by atoms with van der Waals surface area (Å²) in [6.07, 6.45) is 2.35. The van der Waals surface area contributed by atoms with Gasteiger partial charge < -0.3 is 16.2 Å². The van der Waals surface area contributed by atoms with E-state index in [4.69, 9.17) is 10.8 Å². The highest BCUT2D eigenvalue weighted by molar-refractivity contribution is 9.10. The number of benzene rings is 1. The zero-order chi connectivity index (χ0) is 14.3. The first kappa shape index (κ1) is 15.5. The number of unbranched alkanes of at least 4 members (excludes halogenated alkanes) is 2. The molecule has 104 valence electrons. The first-order chi connectivity index (χ1) is 9.00. The van der Waals surface area contributed by atoms with Gasteiger partial charge in [-0.05, 0) is 47.0 Å². The molecule has 1 aromatic rings. The van der Waals surface area contributed by atoms with Crippen molar-refractivity contribution in [1.82, 2.24) is 5.32 Å². The average molecular weight is 329 g/mol. The lowest BCUT2D eigenvalue weighted by Gasteiger charge is -2.07. The number of nitrogens with two attached hydrogens (primary N) is 1. The van der Waals surface area contributed by atoms with Crippen molar-refractivity contribution >= 4 is 33.5 Å². The molecule has 0 radical (unpaired) electrons. The van der Waals surface area contributed by atoms with Gasteiger partial charge in [0.1, 0.15) is 0 Å². The molecule has 1 amide bonds. The normalized spacial score (nSPS) is 10.2. The summed E-state index contributed by atoms with van der Waals surface area (Å²) in [5.41, 5.74) is 6.67. The highest BCUT2D eigenvalue weighted by atomic mass is 79.9. The summed E-state index contributed by atoms with van der Waals surface area (Å²) in [4.78, 5) is 22.2. The quantitative estimate of drug-likeness (QED) is 0.529. The molecule has 0 aromatic heterocycles. The molecule has 0 heterocycles. The molecule has 19 heavy (non-hydrogen) atoms. The summed E-state index contributed by atoms with van der Waals surface area (Å²) in [6.45, 7) is 0.527. The summed E-state index contributed by atoms with van der Waals surface area (Å²) in [5, 5.41) is 11.3. The third-order valence-corrected chi connectivity index (χ3v) is 3.28. The van der Waals surface area contributed by atoms with Crippen LogP contribution in [0.1, 0.15) is 36.0 Å². The predicted molar refractivity (Wildman–Crippen MR) is 77.0 cm³/mol. The number of amides is 1. The Hall–Kier alpha value is -1.56. The number of nitrogen functional groups attached to an aromatic ring is 1. The molecule has 6 heteroatoms. The van der Waals surface area contributed by atoms with Gasteiger partial charge in [-0.1, -0.05) is 6.42 Å². The van der Waals surface area contributed by atoms with Crippen molar-refractivity contribution in [3.8, 4) is 0 Å². The van der Waals surface area contributed by atoms with E-state index in [1.165, 1.54) is 0 Å². The van der Waals surface area contributed by atoms with E-state index in [0.29, 0.717) is 28.7 Å². The Labute approximate surface area is 120 Å². The smallest absolute Gasteiger partial charge is 0.303 e. The molecule has 0 unspecified atom stereocenters. The van der Waals surface area contributed by atoms with Crippen LogP contribution in [0.2, 0.25) is 0 Å². The molecule has 0 aliphatic heterocycles. The van der Waals surface area contributed by atoms with Crippen molar-refractivity contribution in [1.29, 1.82) is 0 Å². The van der Waals surface area contributed by atoms with Crippen LogP contribution in [0.15, 0.2) is 22.7 Å². The average Bonchev–Trinajstić information content (AvgIpc) is 2.36. The lowest BCUT2D eigenvalue weighted by atomic mass is 10.1. The van der Waals surface area contributed by atoms with E-state index in [1.807, 2.05) is 0 Å². The number of carbonyl (C=O) groups excluding carboxylic acids is 1. The van der Waals surface area contributed by atoms with E-state index in [-0.39, 0.29) is 12.3 Å². The number of carboxylic acid groups (broad SMARTS) is 1. The van der Waals surface area contributed by atoms with Gasteiger partial charge in [0.05, 0.1) is 5.56 Å². The van der Waals surface area contributed by atoms with E-state index in [0.717, 1.165) is 12.8 Å². The first-order valence-electron chi connectivity index (χ1n) is 6.05. The fourth-order valence-corrected chi connectivity index (χ4v) is 2.02. The standard InChI is InChI=1S/C13H17BrN2O3/c14-11-6-5-9(15)8-10(11)13(19)16-7-3-1-2-4-12(17)18/h5-6,8H,1-4,7,15H2,(H,16,19)(H,17,18). The molecular weight excluding hydrogens is 312 g/mol. The van der Waals surface area contributed by atoms with Crippen molar-refractivity contribution in [2.24, 2.45) is 0 Å². The van der Waals surface area contributed by atoms with Crippen LogP contribution in [0.25, 0.3) is 0 Å². The number of hydrogen-bond acceptors (Lipinski definition) is 3. The molecule has 1 aromatic carbocycles. The summed E-state index contributed by atoms with van der Waals surface area (Å²) in [7, 11) is 0. The number of carboxylic acids is 1. The monoisotopic (exact) mass is 328 g/mol. The Balaban J connectivity index is 2.31. The van der Waals surface area contributed by atoms with Crippen LogP contribution in [0.5, 0.6) is 0 Å². The molecule has 4 N–H and O–H groups in total. The van der Waals surface area contributed by atoms with Gasteiger partial charge in [-0.25, -0.2) is 0 Å². The minimum atomic E-state index is -0.785. The molecule has 5 nitrogen and oxygen atoms in total. The molecule has 0 fully saturated rings. The largest absolute Gasteiger partial charge is 0.481 e. The molecule has 0 spiro atoms. The van der Waals surface area contributed by atoms with Crippen LogP contribution in [-0.2, 0) is 4.79 Å². The van der Waals surface area contributed by atoms with Crippen LogP contribution in [0.4, 0.5) is 5.69 Å². The molecule has 0 saturated heterocycles. The van der Waals surface area contributed by atoms with Crippen molar-refractivity contribution < 1.29 is 14.7 Å². The van der Waals surface area contributed by atoms with E-state index < -0.39 is 5.97 Å². The van der Waals surface area contributed by atoms with Crippen LogP contribution in [0.3, 0.4) is 0 Å². The Morgan fingerprint density at radius 1 is 1.26 bits per heavy atom. The number of hydrogen-bond donors (Lipinski definition) is 3. The molecule has 0 aliphatic rings. The fourth-order valence-electron chi connectivity index (χ4n) is 1.59. The summed E-state index contributed by atoms with van der Waals surface area (Å²) in [6, 6.07) is 5.06. The van der Waals surface area contributed by atoms with Gasteiger partial charge in [-0.2, -0.15) is 0 Å². The lowest BCUT2D eigenvalue weighted by molar-refractivity contribution is -0.137. The topological polar surface area (TPSA) is 92.4 Å². The predicted octanol–water partition coefficient (Wildman–Crippen LogP) is 2.41. The van der Waals surface area contributed by atoms with Gasteiger partial charge in [-0.3, -0.25) is 9.59 Å². The molecular formula is C13H17BrN2O3. The SMILES string of the molecule is Nc1ccc(Br)c(C(=O)NCCCCCC(=O)O)c1. The van der Waals surface area contributed by atoms with Crippen LogP contribution in [0, 0.1) is 0 Å². The second-order valence-electron chi connectivity index (χ2n) is 4.20. The van der Waals surface area contributed by atoms with E-state index in [1.54, 1.807) is 18.2 Å². The van der Waals surface area contributed by atoms with Gasteiger partial charge in [0, 0.05) is 23.1 Å². The lowest BCUT2D eigenvalue weighted by Crippen LogP contribution is -2.24. The van der Waals surface area contributed by atoms with E-state index >= 15 is 0 Å². The number of aliphatic carboxylic acids is 1. The maximum Gasteiger partial charge on any atom is 0.303 e. The number of anilines is 1. The van der Waals surface area contributed by atoms with Crippen molar-refractivity contribution in [3.63, 3.8) is 0 Å². The molecule has 0 bridgehead atoms. The molecule has 0 saturated carbocycles.